The number of amides is 2. The lowest BCUT2D eigenvalue weighted by molar-refractivity contribution is -0.138. The maximum atomic E-state index is 11.6. The second kappa shape index (κ2) is 5.58. The van der Waals surface area contributed by atoms with Gasteiger partial charge in [-0.15, -0.1) is 0 Å². The molecule has 0 aliphatic rings. The van der Waals surface area contributed by atoms with E-state index in [4.69, 9.17) is 5.11 Å². The molecule has 0 aromatic heterocycles. The first-order valence-corrected chi connectivity index (χ1v) is 5.11. The normalized spacial score (nSPS) is 10.9. The first-order valence-electron chi connectivity index (χ1n) is 5.11. The van der Waals surface area contributed by atoms with E-state index in [1.807, 2.05) is 13.8 Å². The minimum atomic E-state index is -0.917. The molecule has 0 spiro atoms. The van der Waals surface area contributed by atoms with Crippen LogP contribution >= 0.6 is 0 Å². The molecule has 2 N–H and O–H groups in total. The van der Waals surface area contributed by atoms with E-state index in [1.54, 1.807) is 18.7 Å². The third-order valence-corrected chi connectivity index (χ3v) is 2.09. The number of aliphatic carboxylic acids is 1. The minimum Gasteiger partial charge on any atom is -0.481 e. The number of hydrogen-bond acceptors (Lipinski definition) is 2. The number of carboxylic acid groups (broad SMARTS) is 1. The van der Waals surface area contributed by atoms with Crippen LogP contribution in [-0.2, 0) is 4.79 Å². The van der Waals surface area contributed by atoms with E-state index < -0.39 is 11.5 Å². The van der Waals surface area contributed by atoms with Crippen molar-refractivity contribution in [2.45, 2.75) is 39.7 Å². The van der Waals surface area contributed by atoms with E-state index in [-0.39, 0.29) is 12.5 Å². The quantitative estimate of drug-likeness (QED) is 0.727. The Kier molecular flexibility index (Phi) is 5.11. The zero-order valence-electron chi connectivity index (χ0n) is 9.83. The van der Waals surface area contributed by atoms with Crippen molar-refractivity contribution in [2.75, 3.05) is 13.1 Å². The molecule has 0 aliphatic carbocycles. The van der Waals surface area contributed by atoms with Crippen LogP contribution in [-0.4, -0.2) is 40.6 Å². The molecule has 0 fully saturated rings. The van der Waals surface area contributed by atoms with Crippen LogP contribution in [0.15, 0.2) is 0 Å². The van der Waals surface area contributed by atoms with Gasteiger partial charge in [0.25, 0.3) is 0 Å². The van der Waals surface area contributed by atoms with Gasteiger partial charge in [0.05, 0.1) is 6.42 Å². The van der Waals surface area contributed by atoms with Crippen LogP contribution in [0.4, 0.5) is 4.79 Å². The predicted octanol–water partition coefficient (Wildman–Crippen LogP) is 1.29. The lowest BCUT2D eigenvalue weighted by atomic mass is 10.0. The molecular formula is C10H20N2O3. The summed E-state index contributed by atoms with van der Waals surface area (Å²) >= 11 is 0. The molecule has 0 bridgehead atoms. The number of carboxylic acids is 1. The summed E-state index contributed by atoms with van der Waals surface area (Å²) in [5.41, 5.74) is -0.717. The summed E-state index contributed by atoms with van der Waals surface area (Å²) in [4.78, 5) is 23.8. The van der Waals surface area contributed by atoms with Gasteiger partial charge in [-0.25, -0.2) is 4.79 Å². The fourth-order valence-electron chi connectivity index (χ4n) is 1.30. The summed E-state index contributed by atoms with van der Waals surface area (Å²) in [5.74, 6) is -0.917. The monoisotopic (exact) mass is 216 g/mol. The van der Waals surface area contributed by atoms with Gasteiger partial charge in [0, 0.05) is 18.6 Å². The maximum Gasteiger partial charge on any atom is 0.317 e. The van der Waals surface area contributed by atoms with E-state index >= 15 is 0 Å². The highest BCUT2D eigenvalue weighted by Crippen LogP contribution is 2.08. The Hall–Kier alpha value is -1.26. The summed E-state index contributed by atoms with van der Waals surface area (Å²) in [5, 5.41) is 11.3. The second-order valence-electron chi connectivity index (χ2n) is 4.06. The lowest BCUT2D eigenvalue weighted by Gasteiger charge is -2.28. The molecule has 0 atom stereocenters. The molecule has 0 heterocycles. The number of urea groups is 1. The van der Waals surface area contributed by atoms with Gasteiger partial charge < -0.3 is 15.3 Å². The Morgan fingerprint density at radius 3 is 2.07 bits per heavy atom. The van der Waals surface area contributed by atoms with Crippen molar-refractivity contribution in [1.29, 1.82) is 0 Å². The minimum absolute atomic E-state index is 0.0833. The number of nitrogens with one attached hydrogen (secondary N) is 1. The lowest BCUT2D eigenvalue weighted by Crippen LogP contribution is -2.50. The van der Waals surface area contributed by atoms with Crippen LogP contribution in [0.3, 0.4) is 0 Å². The molecule has 0 aromatic carbocycles. The molecule has 0 saturated heterocycles. The summed E-state index contributed by atoms with van der Waals surface area (Å²) in [6.45, 7) is 8.39. The molecule has 0 aliphatic heterocycles. The third kappa shape index (κ3) is 5.24. The van der Waals surface area contributed by atoms with Gasteiger partial charge in [-0.2, -0.15) is 0 Å². The van der Waals surface area contributed by atoms with Crippen molar-refractivity contribution in [2.24, 2.45) is 0 Å². The van der Waals surface area contributed by atoms with Gasteiger partial charge in [0.15, 0.2) is 0 Å². The molecule has 0 radical (unpaired) electrons. The van der Waals surface area contributed by atoms with E-state index in [0.717, 1.165) is 0 Å². The van der Waals surface area contributed by atoms with Gasteiger partial charge in [-0.05, 0) is 27.7 Å². The van der Waals surface area contributed by atoms with Crippen LogP contribution in [0, 0.1) is 0 Å². The van der Waals surface area contributed by atoms with Crippen LogP contribution in [0.2, 0.25) is 0 Å². The van der Waals surface area contributed by atoms with Crippen LogP contribution in [0.1, 0.15) is 34.1 Å². The smallest absolute Gasteiger partial charge is 0.317 e. The predicted molar refractivity (Wildman–Crippen MR) is 57.8 cm³/mol. The Bertz CT molecular complexity index is 235. The number of rotatable bonds is 5. The largest absolute Gasteiger partial charge is 0.481 e. The maximum absolute atomic E-state index is 11.6. The SMILES string of the molecule is CCN(CC)C(=O)NC(C)(C)CC(=O)O. The molecule has 88 valence electrons. The first kappa shape index (κ1) is 13.7. The van der Waals surface area contributed by atoms with Crippen molar-refractivity contribution in [3.05, 3.63) is 0 Å². The molecule has 0 rings (SSSR count). The Labute approximate surface area is 90.5 Å². The standard InChI is InChI=1S/C10H20N2O3/c1-5-12(6-2)9(15)11-10(3,4)7-8(13)14/h5-7H2,1-4H3,(H,11,15)(H,13,14). The summed E-state index contributed by atoms with van der Waals surface area (Å²) in [7, 11) is 0. The summed E-state index contributed by atoms with van der Waals surface area (Å²) in [6, 6.07) is -0.216. The van der Waals surface area contributed by atoms with E-state index in [1.165, 1.54) is 0 Å². The Balaban J connectivity index is 4.31. The molecule has 0 saturated carbocycles. The topological polar surface area (TPSA) is 69.6 Å². The molecule has 15 heavy (non-hydrogen) atoms. The van der Waals surface area contributed by atoms with Gasteiger partial charge in [-0.1, -0.05) is 0 Å². The molecule has 5 nitrogen and oxygen atoms in total. The zero-order chi connectivity index (χ0) is 12.1. The van der Waals surface area contributed by atoms with E-state index in [2.05, 4.69) is 5.32 Å². The van der Waals surface area contributed by atoms with Crippen molar-refractivity contribution in [1.82, 2.24) is 10.2 Å². The highest BCUT2D eigenvalue weighted by Gasteiger charge is 2.25. The summed E-state index contributed by atoms with van der Waals surface area (Å²) < 4.78 is 0. The van der Waals surface area contributed by atoms with Crippen LogP contribution < -0.4 is 5.32 Å². The highest BCUT2D eigenvalue weighted by atomic mass is 16.4. The van der Waals surface area contributed by atoms with Crippen molar-refractivity contribution in [3.63, 3.8) is 0 Å². The fourth-order valence-corrected chi connectivity index (χ4v) is 1.30. The number of carbonyl (C=O) groups excluding carboxylic acids is 1. The molecular weight excluding hydrogens is 196 g/mol. The fraction of sp³-hybridized carbons (Fsp3) is 0.800. The highest BCUT2D eigenvalue weighted by molar-refractivity contribution is 5.76. The average molecular weight is 216 g/mol. The van der Waals surface area contributed by atoms with Crippen molar-refractivity contribution < 1.29 is 14.7 Å². The van der Waals surface area contributed by atoms with E-state index in [9.17, 15) is 9.59 Å². The van der Waals surface area contributed by atoms with Gasteiger partial charge >= 0.3 is 12.0 Å². The number of nitrogens with zero attached hydrogens (tertiary/aromatic N) is 1. The number of hydrogen-bond donors (Lipinski definition) is 2. The Morgan fingerprint density at radius 2 is 1.73 bits per heavy atom. The van der Waals surface area contributed by atoms with Crippen molar-refractivity contribution in [3.8, 4) is 0 Å². The first-order chi connectivity index (χ1) is 6.82. The average Bonchev–Trinajstić information content (AvgIpc) is 2.02. The van der Waals surface area contributed by atoms with Gasteiger partial charge in [-0.3, -0.25) is 4.79 Å². The molecule has 2 amide bonds. The molecule has 0 unspecified atom stereocenters. The Morgan fingerprint density at radius 1 is 1.27 bits per heavy atom. The number of carbonyl (C=O) groups is 2. The molecule has 5 heteroatoms. The van der Waals surface area contributed by atoms with E-state index in [0.29, 0.717) is 13.1 Å². The zero-order valence-corrected chi connectivity index (χ0v) is 9.83. The van der Waals surface area contributed by atoms with Crippen LogP contribution in [0.5, 0.6) is 0 Å². The third-order valence-electron chi connectivity index (χ3n) is 2.09. The summed E-state index contributed by atoms with van der Waals surface area (Å²) in [6.07, 6.45) is -0.0833. The van der Waals surface area contributed by atoms with Crippen molar-refractivity contribution >= 4 is 12.0 Å². The van der Waals surface area contributed by atoms with Crippen LogP contribution in [0.25, 0.3) is 0 Å². The second-order valence-corrected chi connectivity index (χ2v) is 4.06. The van der Waals surface area contributed by atoms with Gasteiger partial charge in [0.1, 0.15) is 0 Å². The molecule has 0 aromatic rings. The van der Waals surface area contributed by atoms with Gasteiger partial charge in [0.2, 0.25) is 0 Å².